The van der Waals surface area contributed by atoms with Crippen LogP contribution in [0, 0.1) is 32.1 Å². The third-order valence-electron chi connectivity index (χ3n) is 5.03. The Bertz CT molecular complexity index is 1270. The number of carboxylic acids is 1. The first-order chi connectivity index (χ1) is 14.7. The number of aromatic nitrogens is 1. The Morgan fingerprint density at radius 2 is 1.84 bits per heavy atom. The molecule has 0 atom stereocenters. The summed E-state index contributed by atoms with van der Waals surface area (Å²) in [6.07, 6.45) is 1.50. The van der Waals surface area contributed by atoms with Crippen molar-refractivity contribution in [2.45, 2.75) is 20.8 Å². The lowest BCUT2D eigenvalue weighted by Gasteiger charge is -2.12. The first-order valence-electron chi connectivity index (χ1n) is 9.44. The fraction of sp³-hybridized carbons (Fsp3) is 0.125. The smallest absolute Gasteiger partial charge is 0.337 e. The van der Waals surface area contributed by atoms with E-state index in [1.807, 2.05) is 26.0 Å². The Kier molecular flexibility index (Phi) is 6.28. The van der Waals surface area contributed by atoms with Gasteiger partial charge in [-0.2, -0.15) is 5.26 Å². The molecule has 3 aromatic rings. The van der Waals surface area contributed by atoms with E-state index in [4.69, 9.17) is 11.6 Å². The van der Waals surface area contributed by atoms with Crippen molar-refractivity contribution in [3.8, 4) is 11.8 Å². The fourth-order valence-corrected chi connectivity index (χ4v) is 3.57. The molecule has 7 heteroatoms. The summed E-state index contributed by atoms with van der Waals surface area (Å²) in [7, 11) is 0. The number of nitrogens with zero attached hydrogens (tertiary/aromatic N) is 2. The molecule has 0 aliphatic rings. The number of aryl methyl sites for hydroxylation is 1. The first-order valence-corrected chi connectivity index (χ1v) is 9.82. The van der Waals surface area contributed by atoms with Crippen molar-refractivity contribution in [2.75, 3.05) is 5.32 Å². The summed E-state index contributed by atoms with van der Waals surface area (Å²) < 4.78 is 1.79. The summed E-state index contributed by atoms with van der Waals surface area (Å²) in [6, 6.07) is 15.6. The fourth-order valence-electron chi connectivity index (χ4n) is 3.39. The van der Waals surface area contributed by atoms with Crippen LogP contribution in [0.15, 0.2) is 54.1 Å². The largest absolute Gasteiger partial charge is 0.478 e. The van der Waals surface area contributed by atoms with Crippen molar-refractivity contribution >= 4 is 35.2 Å². The van der Waals surface area contributed by atoms with Crippen LogP contribution < -0.4 is 5.32 Å². The van der Waals surface area contributed by atoms with Crippen molar-refractivity contribution in [3.63, 3.8) is 0 Å². The molecule has 0 saturated carbocycles. The maximum Gasteiger partial charge on any atom is 0.337 e. The van der Waals surface area contributed by atoms with Crippen LogP contribution in [0.2, 0.25) is 5.02 Å². The zero-order valence-corrected chi connectivity index (χ0v) is 18.0. The topological polar surface area (TPSA) is 95.1 Å². The highest BCUT2D eigenvalue weighted by Gasteiger charge is 2.18. The molecule has 1 aromatic heterocycles. The number of halogens is 1. The molecule has 0 bridgehead atoms. The number of hydrogen-bond donors (Lipinski definition) is 2. The van der Waals surface area contributed by atoms with Gasteiger partial charge in [-0.25, -0.2) is 4.79 Å². The van der Waals surface area contributed by atoms with Gasteiger partial charge in [0.2, 0.25) is 0 Å². The van der Waals surface area contributed by atoms with Gasteiger partial charge in [-0.05, 0) is 68.3 Å². The number of nitriles is 1. The highest BCUT2D eigenvalue weighted by atomic mass is 35.5. The highest BCUT2D eigenvalue weighted by molar-refractivity contribution is 6.31. The minimum atomic E-state index is -1.03. The summed E-state index contributed by atoms with van der Waals surface area (Å²) >= 11 is 6.10. The van der Waals surface area contributed by atoms with E-state index in [1.165, 1.54) is 12.1 Å². The number of benzene rings is 2. The van der Waals surface area contributed by atoms with Crippen LogP contribution in [0.5, 0.6) is 0 Å². The van der Waals surface area contributed by atoms with Crippen LogP contribution in [0.4, 0.5) is 5.69 Å². The van der Waals surface area contributed by atoms with E-state index in [2.05, 4.69) is 5.32 Å². The molecular formula is C24H20ClN3O3. The van der Waals surface area contributed by atoms with Gasteiger partial charge in [0.1, 0.15) is 11.6 Å². The van der Waals surface area contributed by atoms with Crippen molar-refractivity contribution < 1.29 is 14.7 Å². The standard InChI is InChI=1S/C24H20ClN3O3/c1-14-11-17(16(3)28(14)22-10-5-4-7-19(22)24(30)31)12-18(13-26)23(29)27-21-9-6-8-20(25)15(21)2/h4-12H,1-3H3,(H,27,29)(H,30,31)/b18-12-. The van der Waals surface area contributed by atoms with Crippen molar-refractivity contribution in [1.29, 1.82) is 5.26 Å². The van der Waals surface area contributed by atoms with E-state index in [-0.39, 0.29) is 11.1 Å². The second-order valence-electron chi connectivity index (χ2n) is 7.02. The maximum absolute atomic E-state index is 12.7. The molecule has 1 amide bonds. The van der Waals surface area contributed by atoms with Crippen molar-refractivity contribution in [3.05, 3.63) is 87.2 Å². The van der Waals surface area contributed by atoms with Crippen LogP contribution >= 0.6 is 11.6 Å². The monoisotopic (exact) mass is 433 g/mol. The average molecular weight is 434 g/mol. The van der Waals surface area contributed by atoms with Gasteiger partial charge in [0.05, 0.1) is 11.3 Å². The molecule has 0 fully saturated rings. The van der Waals surface area contributed by atoms with Gasteiger partial charge in [0, 0.05) is 22.1 Å². The molecule has 6 nitrogen and oxygen atoms in total. The molecule has 0 saturated heterocycles. The third kappa shape index (κ3) is 4.37. The summed E-state index contributed by atoms with van der Waals surface area (Å²) in [5.41, 5.74) is 3.97. The number of amides is 1. The molecule has 3 rings (SSSR count). The first kappa shape index (κ1) is 21.9. The Labute approximate surface area is 185 Å². The van der Waals surface area contributed by atoms with E-state index in [9.17, 15) is 20.0 Å². The summed E-state index contributed by atoms with van der Waals surface area (Å²) in [5.74, 6) is -1.59. The highest BCUT2D eigenvalue weighted by Crippen LogP contribution is 2.26. The molecule has 1 heterocycles. The second kappa shape index (κ2) is 8.90. The van der Waals surface area contributed by atoms with Gasteiger partial charge in [0.25, 0.3) is 5.91 Å². The Morgan fingerprint density at radius 3 is 2.52 bits per heavy atom. The van der Waals surface area contributed by atoms with E-state index in [1.54, 1.807) is 47.9 Å². The van der Waals surface area contributed by atoms with Crippen LogP contribution in [0.1, 0.15) is 32.9 Å². The number of nitrogens with one attached hydrogen (secondary N) is 1. The molecule has 0 aliphatic heterocycles. The Hall–Kier alpha value is -3.82. The molecule has 31 heavy (non-hydrogen) atoms. The lowest BCUT2D eigenvalue weighted by molar-refractivity contribution is -0.112. The lowest BCUT2D eigenvalue weighted by Crippen LogP contribution is -2.14. The molecule has 0 unspecified atom stereocenters. The summed E-state index contributed by atoms with van der Waals surface area (Å²) in [4.78, 5) is 24.3. The van der Waals surface area contributed by atoms with Crippen LogP contribution in [-0.4, -0.2) is 21.6 Å². The number of hydrogen-bond acceptors (Lipinski definition) is 3. The summed E-state index contributed by atoms with van der Waals surface area (Å²) in [6.45, 7) is 5.43. The number of para-hydroxylation sites is 1. The molecule has 0 aliphatic carbocycles. The van der Waals surface area contributed by atoms with Gasteiger partial charge in [-0.15, -0.1) is 0 Å². The zero-order chi connectivity index (χ0) is 22.7. The average Bonchev–Trinajstić information content (AvgIpc) is 3.02. The number of carboxylic acid groups (broad SMARTS) is 1. The van der Waals surface area contributed by atoms with Gasteiger partial charge in [-0.3, -0.25) is 4.79 Å². The van der Waals surface area contributed by atoms with Gasteiger partial charge < -0.3 is 15.0 Å². The van der Waals surface area contributed by atoms with E-state index < -0.39 is 11.9 Å². The third-order valence-corrected chi connectivity index (χ3v) is 5.44. The molecule has 0 radical (unpaired) electrons. The Morgan fingerprint density at radius 1 is 1.13 bits per heavy atom. The minimum Gasteiger partial charge on any atom is -0.478 e. The van der Waals surface area contributed by atoms with Crippen LogP contribution in [-0.2, 0) is 4.79 Å². The Balaban J connectivity index is 2.01. The number of anilines is 1. The number of rotatable bonds is 5. The minimum absolute atomic E-state index is 0.0776. The molecular weight excluding hydrogens is 414 g/mol. The molecule has 2 N–H and O–H groups in total. The number of carbonyl (C=O) groups excluding carboxylic acids is 1. The van der Waals surface area contributed by atoms with E-state index in [0.29, 0.717) is 33.2 Å². The predicted octanol–water partition coefficient (Wildman–Crippen LogP) is 5.30. The lowest BCUT2D eigenvalue weighted by atomic mass is 10.1. The number of carbonyl (C=O) groups is 2. The van der Waals surface area contributed by atoms with Crippen LogP contribution in [0.3, 0.4) is 0 Å². The van der Waals surface area contributed by atoms with Gasteiger partial charge in [-0.1, -0.05) is 29.8 Å². The molecule has 156 valence electrons. The molecule has 2 aromatic carbocycles. The van der Waals surface area contributed by atoms with Gasteiger partial charge in [0.15, 0.2) is 0 Å². The number of aromatic carboxylic acids is 1. The predicted molar refractivity (Wildman–Crippen MR) is 121 cm³/mol. The van der Waals surface area contributed by atoms with Gasteiger partial charge >= 0.3 is 5.97 Å². The summed E-state index contributed by atoms with van der Waals surface area (Å²) in [5, 5.41) is 22.3. The zero-order valence-electron chi connectivity index (χ0n) is 17.2. The SMILES string of the molecule is Cc1c(Cl)cccc1NC(=O)/C(C#N)=C\c1cc(C)n(-c2ccccc2C(=O)O)c1C. The van der Waals surface area contributed by atoms with E-state index in [0.717, 1.165) is 5.69 Å². The van der Waals surface area contributed by atoms with Crippen LogP contribution in [0.25, 0.3) is 11.8 Å². The molecule has 0 spiro atoms. The normalized spacial score (nSPS) is 11.1. The van der Waals surface area contributed by atoms with E-state index >= 15 is 0 Å². The van der Waals surface area contributed by atoms with Crippen molar-refractivity contribution in [1.82, 2.24) is 4.57 Å². The maximum atomic E-state index is 12.7. The quantitative estimate of drug-likeness (QED) is 0.421. The van der Waals surface area contributed by atoms with Crippen molar-refractivity contribution in [2.24, 2.45) is 0 Å². The second-order valence-corrected chi connectivity index (χ2v) is 7.43.